The molecule has 0 aliphatic rings. The Kier molecular flexibility index (Phi) is 9.54. The first-order chi connectivity index (χ1) is 18.1. The molecule has 5 N–H and O–H groups in total. The number of urea groups is 1. The van der Waals surface area contributed by atoms with Gasteiger partial charge in [0.05, 0.1) is 18.0 Å². The summed E-state index contributed by atoms with van der Waals surface area (Å²) < 4.78 is 13.3. The molecule has 0 aliphatic carbocycles. The number of rotatable bonds is 11. The summed E-state index contributed by atoms with van der Waals surface area (Å²) >= 11 is 0. The maximum absolute atomic E-state index is 13.0. The molecule has 9 heteroatoms. The van der Waals surface area contributed by atoms with E-state index in [1.165, 1.54) is 6.08 Å². The van der Waals surface area contributed by atoms with Crippen LogP contribution >= 0.6 is 0 Å². The van der Waals surface area contributed by atoms with Gasteiger partial charge in [-0.1, -0.05) is 58.4 Å². The van der Waals surface area contributed by atoms with E-state index in [-0.39, 0.29) is 17.8 Å². The number of nitrogens with one attached hydrogen (secondary N) is 3. The van der Waals surface area contributed by atoms with Crippen LogP contribution < -0.4 is 25.8 Å². The van der Waals surface area contributed by atoms with Crippen molar-refractivity contribution in [2.24, 2.45) is 5.73 Å². The fraction of sp³-hybridized carbons (Fsp3) is 0.345. The molecule has 0 aliphatic heterocycles. The number of carbonyl (C=O) groups excluding carboxylic acids is 1. The lowest BCUT2D eigenvalue weighted by Crippen LogP contribution is -2.29. The zero-order valence-electron chi connectivity index (χ0n) is 22.8. The van der Waals surface area contributed by atoms with Crippen molar-refractivity contribution in [2.75, 3.05) is 11.9 Å². The van der Waals surface area contributed by atoms with Crippen LogP contribution in [0.2, 0.25) is 0 Å². The van der Waals surface area contributed by atoms with E-state index >= 15 is 0 Å². The van der Waals surface area contributed by atoms with Crippen molar-refractivity contribution in [3.05, 3.63) is 77.3 Å². The number of amides is 2. The van der Waals surface area contributed by atoms with E-state index in [1.807, 2.05) is 49.4 Å². The number of aromatic nitrogens is 2. The van der Waals surface area contributed by atoms with Crippen LogP contribution in [-0.4, -0.2) is 28.6 Å². The number of nitrogens with two attached hydrogens (primary N) is 1. The van der Waals surface area contributed by atoms with E-state index < -0.39 is 6.03 Å². The molecule has 9 nitrogen and oxygen atoms in total. The summed E-state index contributed by atoms with van der Waals surface area (Å²) in [7, 11) is 0. The number of anilines is 1. The number of para-hydroxylation sites is 1. The number of unbranched alkanes of at least 4 members (excludes halogenated alkanes) is 1. The van der Waals surface area contributed by atoms with Crippen LogP contribution in [-0.2, 0) is 12.0 Å². The maximum Gasteiger partial charge on any atom is 0.320 e. The van der Waals surface area contributed by atoms with Gasteiger partial charge in [-0.15, -0.1) is 0 Å². The summed E-state index contributed by atoms with van der Waals surface area (Å²) in [6.45, 7) is 11.2. The Balaban J connectivity index is 1.82. The van der Waals surface area contributed by atoms with Crippen molar-refractivity contribution in [2.45, 2.75) is 59.4 Å². The molecule has 0 radical (unpaired) electrons. The van der Waals surface area contributed by atoms with Gasteiger partial charge in [-0.2, -0.15) is 5.10 Å². The molecule has 2 amide bonds. The first-order valence-electron chi connectivity index (χ1n) is 12.7. The number of allylic oxidation sites excluding steroid dienone is 1. The van der Waals surface area contributed by atoms with E-state index in [9.17, 15) is 4.79 Å². The highest BCUT2D eigenvalue weighted by molar-refractivity contribution is 5.88. The van der Waals surface area contributed by atoms with Crippen molar-refractivity contribution >= 4 is 18.1 Å². The van der Waals surface area contributed by atoms with E-state index in [1.54, 1.807) is 10.7 Å². The Morgan fingerprint density at radius 3 is 2.63 bits per heavy atom. The second-order valence-corrected chi connectivity index (χ2v) is 9.98. The monoisotopic (exact) mass is 518 g/mol. The first kappa shape index (κ1) is 28.3. The Morgan fingerprint density at radius 2 is 1.92 bits per heavy atom. The molecule has 38 heavy (non-hydrogen) atoms. The highest BCUT2D eigenvalue weighted by atomic mass is 16.5. The van der Waals surface area contributed by atoms with Crippen molar-refractivity contribution < 1.29 is 14.3 Å². The second-order valence-electron chi connectivity index (χ2n) is 9.98. The topological polar surface area (TPSA) is 127 Å². The fourth-order valence-electron chi connectivity index (χ4n) is 3.56. The van der Waals surface area contributed by atoms with Gasteiger partial charge in [-0.05, 0) is 31.0 Å². The highest BCUT2D eigenvalue weighted by Crippen LogP contribution is 2.29. The van der Waals surface area contributed by atoms with Crippen LogP contribution in [0.4, 0.5) is 10.6 Å². The van der Waals surface area contributed by atoms with Crippen molar-refractivity contribution in [1.82, 2.24) is 15.1 Å². The molecule has 1 heterocycles. The van der Waals surface area contributed by atoms with Crippen LogP contribution in [0.25, 0.3) is 5.69 Å². The van der Waals surface area contributed by atoms with E-state index in [0.717, 1.165) is 47.3 Å². The van der Waals surface area contributed by atoms with Gasteiger partial charge in [0.1, 0.15) is 17.3 Å². The number of benzene rings is 2. The Hall–Kier alpha value is -4.27. The van der Waals surface area contributed by atoms with Crippen molar-refractivity contribution in [1.29, 1.82) is 5.41 Å². The van der Waals surface area contributed by atoms with E-state index in [4.69, 9.17) is 25.7 Å². The van der Waals surface area contributed by atoms with E-state index in [2.05, 4.69) is 38.3 Å². The third-order valence-corrected chi connectivity index (χ3v) is 5.78. The molecule has 0 bridgehead atoms. The van der Waals surface area contributed by atoms with E-state index in [0.29, 0.717) is 18.2 Å². The molecule has 0 saturated carbocycles. The van der Waals surface area contributed by atoms with Crippen LogP contribution in [0.1, 0.15) is 57.4 Å². The molecule has 0 spiro atoms. The van der Waals surface area contributed by atoms with Crippen LogP contribution in [0.5, 0.6) is 11.5 Å². The molecule has 3 rings (SSSR count). The van der Waals surface area contributed by atoms with Gasteiger partial charge < -0.3 is 25.9 Å². The normalized spacial score (nSPS) is 11.7. The quantitative estimate of drug-likeness (QED) is 0.145. The Morgan fingerprint density at radius 1 is 1.16 bits per heavy atom. The number of ether oxygens (including phenoxy) is 2. The summed E-state index contributed by atoms with van der Waals surface area (Å²) in [5.74, 6) is 1.93. The number of aryl methyl sites for hydroxylation is 1. The largest absolute Gasteiger partial charge is 0.493 e. The summed E-state index contributed by atoms with van der Waals surface area (Å²) in [6, 6.07) is 14.6. The average molecular weight is 519 g/mol. The average Bonchev–Trinajstić information content (AvgIpc) is 3.29. The fourth-order valence-corrected chi connectivity index (χ4v) is 3.56. The van der Waals surface area contributed by atoms with Gasteiger partial charge in [0.25, 0.3) is 0 Å². The molecule has 2 aromatic carbocycles. The lowest BCUT2D eigenvalue weighted by molar-refractivity contribution is 0.251. The minimum absolute atomic E-state index is 0.0895. The minimum Gasteiger partial charge on any atom is -0.493 e. The highest BCUT2D eigenvalue weighted by Gasteiger charge is 2.22. The van der Waals surface area contributed by atoms with Crippen LogP contribution in [0.3, 0.4) is 0 Å². The van der Waals surface area contributed by atoms with Gasteiger partial charge in [0.2, 0.25) is 0 Å². The number of hydrogen-bond donors (Lipinski definition) is 4. The molecule has 0 atom stereocenters. The van der Waals surface area contributed by atoms with Gasteiger partial charge in [0, 0.05) is 41.9 Å². The molecular weight excluding hydrogens is 480 g/mol. The molecule has 0 saturated heterocycles. The SMILES string of the molecule is CCCCOc1cc(-n2nc(C(C)(C)C)cc2NC(=O)NCc2ccccc2OC(N)=CC=N)ccc1C. The minimum atomic E-state index is -0.393. The standard InChI is InChI=1S/C29H38N6O3/c1-6-7-16-37-24-17-22(13-12-20(24)2)35-27(18-25(34-35)29(3,4)5)33-28(36)32-19-21-10-8-9-11-23(21)38-26(31)14-15-30/h8-15,17-18,30H,6-7,16,19,31H2,1-5H3,(H2,32,33,36). The second kappa shape index (κ2) is 12.8. The summed E-state index contributed by atoms with van der Waals surface area (Å²) in [5, 5.41) is 17.8. The van der Waals surface area contributed by atoms with Gasteiger partial charge in [-0.3, -0.25) is 5.32 Å². The van der Waals surface area contributed by atoms with Crippen LogP contribution in [0, 0.1) is 12.3 Å². The summed E-state index contributed by atoms with van der Waals surface area (Å²) in [5.41, 5.74) is 8.97. The van der Waals surface area contributed by atoms with Crippen molar-refractivity contribution in [3.8, 4) is 17.2 Å². The lowest BCUT2D eigenvalue weighted by atomic mass is 9.92. The predicted octanol–water partition coefficient (Wildman–Crippen LogP) is 5.81. The summed E-state index contributed by atoms with van der Waals surface area (Å²) in [4.78, 5) is 13.0. The number of hydrogen-bond acceptors (Lipinski definition) is 6. The number of nitrogens with zero attached hydrogens (tertiary/aromatic N) is 2. The lowest BCUT2D eigenvalue weighted by Gasteiger charge is -2.15. The maximum atomic E-state index is 13.0. The molecule has 202 valence electrons. The number of carbonyl (C=O) groups is 1. The van der Waals surface area contributed by atoms with Gasteiger partial charge in [-0.25, -0.2) is 9.48 Å². The molecule has 1 aromatic heterocycles. The molecule has 0 fully saturated rings. The van der Waals surface area contributed by atoms with Crippen molar-refractivity contribution in [3.63, 3.8) is 0 Å². The molecule has 3 aromatic rings. The Bertz CT molecular complexity index is 1290. The Labute approximate surface area is 224 Å². The molecule has 0 unspecified atom stereocenters. The van der Waals surface area contributed by atoms with Crippen LogP contribution in [0.15, 0.2) is 60.5 Å². The zero-order valence-corrected chi connectivity index (χ0v) is 22.8. The zero-order chi connectivity index (χ0) is 27.7. The third kappa shape index (κ3) is 7.61. The summed E-state index contributed by atoms with van der Waals surface area (Å²) in [6.07, 6.45) is 4.43. The first-order valence-corrected chi connectivity index (χ1v) is 12.7. The smallest absolute Gasteiger partial charge is 0.320 e. The van der Waals surface area contributed by atoms with Gasteiger partial charge >= 0.3 is 6.03 Å². The molecular formula is C29H38N6O3. The third-order valence-electron chi connectivity index (χ3n) is 5.78. The van der Waals surface area contributed by atoms with Gasteiger partial charge in [0.15, 0.2) is 5.88 Å². The predicted molar refractivity (Wildman–Crippen MR) is 151 cm³/mol.